The van der Waals surface area contributed by atoms with E-state index in [1.165, 1.54) is 11.0 Å². The maximum absolute atomic E-state index is 12.3. The minimum absolute atomic E-state index is 0.0621. The van der Waals surface area contributed by atoms with E-state index >= 15 is 0 Å². The van der Waals surface area contributed by atoms with Crippen LogP contribution in [-0.2, 0) is 0 Å². The molecule has 1 aromatic rings. The Morgan fingerprint density at radius 2 is 2.00 bits per heavy atom. The van der Waals surface area contributed by atoms with Crippen molar-refractivity contribution in [1.29, 1.82) is 0 Å². The Balaban J connectivity index is 1.94. The van der Waals surface area contributed by atoms with E-state index in [0.29, 0.717) is 4.68 Å². The van der Waals surface area contributed by atoms with E-state index in [1.54, 1.807) is 11.8 Å². The zero-order valence-electron chi connectivity index (χ0n) is 11.2. The summed E-state index contributed by atoms with van der Waals surface area (Å²) in [7, 11) is 0. The Bertz CT molecular complexity index is 558. The number of nitrogens with two attached hydrogens (primary N) is 1. The summed E-state index contributed by atoms with van der Waals surface area (Å²) < 4.78 is 7.97. The maximum Gasteiger partial charge on any atom is 0.357 e. The van der Waals surface area contributed by atoms with Crippen molar-refractivity contribution >= 4 is 17.8 Å². The number of ether oxygens (including phenoxy) is 1. The van der Waals surface area contributed by atoms with Gasteiger partial charge in [-0.15, -0.1) is 9.78 Å². The van der Waals surface area contributed by atoms with Crippen molar-refractivity contribution in [1.82, 2.24) is 14.3 Å². The van der Waals surface area contributed by atoms with E-state index in [1.807, 2.05) is 0 Å². The first-order valence-corrected chi connectivity index (χ1v) is 8.08. The molecular formula is C12H18N4O3S. The maximum atomic E-state index is 12.3. The lowest BCUT2D eigenvalue weighted by Crippen LogP contribution is -2.36. The van der Waals surface area contributed by atoms with Gasteiger partial charge >= 0.3 is 17.7 Å². The van der Waals surface area contributed by atoms with Crippen molar-refractivity contribution in [3.8, 4) is 6.01 Å². The Labute approximate surface area is 120 Å². The van der Waals surface area contributed by atoms with Gasteiger partial charge in [0.05, 0.1) is 0 Å². The van der Waals surface area contributed by atoms with Gasteiger partial charge in [0, 0.05) is 17.5 Å². The molecule has 1 saturated heterocycles. The van der Waals surface area contributed by atoms with Crippen LogP contribution in [0.4, 0.5) is 4.79 Å². The zero-order valence-corrected chi connectivity index (χ0v) is 12.0. The minimum atomic E-state index is -0.864. The SMILES string of the molecule is NC(=O)n1nc(OC2CSC2)n(C2CCCCC2)c1=O. The lowest BCUT2D eigenvalue weighted by atomic mass is 9.95. The van der Waals surface area contributed by atoms with E-state index in [4.69, 9.17) is 10.5 Å². The number of aromatic nitrogens is 3. The molecule has 0 unspecified atom stereocenters. The molecule has 0 radical (unpaired) electrons. The number of carbonyl (C=O) groups excluding carboxylic acids is 1. The van der Waals surface area contributed by atoms with E-state index in [-0.39, 0.29) is 18.2 Å². The topological polar surface area (TPSA) is 92.1 Å². The molecule has 1 aliphatic carbocycles. The van der Waals surface area contributed by atoms with Crippen LogP contribution in [0.5, 0.6) is 6.01 Å². The monoisotopic (exact) mass is 298 g/mol. The highest BCUT2D eigenvalue weighted by Gasteiger charge is 2.29. The highest BCUT2D eigenvalue weighted by atomic mass is 32.2. The van der Waals surface area contributed by atoms with Crippen LogP contribution < -0.4 is 16.2 Å². The number of hydrogen-bond donors (Lipinski definition) is 1. The first kappa shape index (κ1) is 13.5. The van der Waals surface area contributed by atoms with Crippen LogP contribution >= 0.6 is 11.8 Å². The lowest BCUT2D eigenvalue weighted by molar-refractivity contribution is 0.194. The third kappa shape index (κ3) is 2.44. The first-order valence-electron chi connectivity index (χ1n) is 6.92. The fourth-order valence-electron chi connectivity index (χ4n) is 2.67. The van der Waals surface area contributed by atoms with Gasteiger partial charge in [-0.2, -0.15) is 11.8 Å². The normalized spacial score (nSPS) is 20.6. The summed E-state index contributed by atoms with van der Waals surface area (Å²) in [5.74, 6) is 1.78. The van der Waals surface area contributed by atoms with Crippen LogP contribution in [0.2, 0.25) is 0 Å². The second-order valence-electron chi connectivity index (χ2n) is 5.25. The van der Waals surface area contributed by atoms with E-state index in [2.05, 4.69) is 5.10 Å². The van der Waals surface area contributed by atoms with Gasteiger partial charge in [-0.05, 0) is 12.8 Å². The number of primary amides is 1. The highest BCUT2D eigenvalue weighted by Crippen LogP contribution is 2.30. The van der Waals surface area contributed by atoms with Crippen molar-refractivity contribution in [2.45, 2.75) is 44.2 Å². The second kappa shape index (κ2) is 5.51. The predicted molar refractivity (Wildman–Crippen MR) is 75.3 cm³/mol. The minimum Gasteiger partial charge on any atom is -0.458 e. The van der Waals surface area contributed by atoms with Crippen LogP contribution in [-0.4, -0.2) is 38.0 Å². The third-order valence-corrected chi connectivity index (χ3v) is 5.02. The van der Waals surface area contributed by atoms with Crippen molar-refractivity contribution in [2.75, 3.05) is 11.5 Å². The molecule has 7 nitrogen and oxygen atoms in total. The summed E-state index contributed by atoms with van der Waals surface area (Å²) in [6, 6.07) is -0.560. The van der Waals surface area contributed by atoms with Crippen LogP contribution in [0.3, 0.4) is 0 Å². The molecule has 20 heavy (non-hydrogen) atoms. The fourth-order valence-corrected chi connectivity index (χ4v) is 3.23. The summed E-state index contributed by atoms with van der Waals surface area (Å²) in [5, 5.41) is 3.97. The molecule has 0 bridgehead atoms. The summed E-state index contributed by atoms with van der Waals surface area (Å²) in [5.41, 5.74) is 4.71. The van der Waals surface area contributed by atoms with Crippen molar-refractivity contribution in [3.63, 3.8) is 0 Å². The molecule has 1 aliphatic heterocycles. The third-order valence-electron chi connectivity index (χ3n) is 3.81. The average Bonchev–Trinajstić information content (AvgIpc) is 2.72. The van der Waals surface area contributed by atoms with E-state index in [9.17, 15) is 9.59 Å². The molecule has 2 aliphatic rings. The molecular weight excluding hydrogens is 280 g/mol. The van der Waals surface area contributed by atoms with Crippen molar-refractivity contribution in [2.24, 2.45) is 5.73 Å². The molecule has 2 heterocycles. The second-order valence-corrected chi connectivity index (χ2v) is 6.33. The average molecular weight is 298 g/mol. The number of hydrogen-bond acceptors (Lipinski definition) is 5. The van der Waals surface area contributed by atoms with Crippen LogP contribution in [0.1, 0.15) is 38.1 Å². The standard InChI is InChI=1S/C12H18N4O3S/c13-10(17)16-12(18)15(8-4-2-1-3-5-8)11(14-16)19-9-6-20-7-9/h8-9H,1-7H2,(H2,13,17). The van der Waals surface area contributed by atoms with Crippen LogP contribution in [0.25, 0.3) is 0 Å². The summed E-state index contributed by atoms with van der Waals surface area (Å²) in [6.45, 7) is 0. The summed E-state index contributed by atoms with van der Waals surface area (Å²) in [4.78, 5) is 23.6. The molecule has 0 spiro atoms. The molecule has 1 aromatic heterocycles. The largest absolute Gasteiger partial charge is 0.458 e. The smallest absolute Gasteiger partial charge is 0.357 e. The molecule has 8 heteroatoms. The Morgan fingerprint density at radius 1 is 1.30 bits per heavy atom. The zero-order chi connectivity index (χ0) is 14.1. The fraction of sp³-hybridized carbons (Fsp3) is 0.750. The summed E-state index contributed by atoms with van der Waals surface area (Å²) >= 11 is 1.78. The Morgan fingerprint density at radius 3 is 2.55 bits per heavy atom. The van der Waals surface area contributed by atoms with Crippen molar-refractivity contribution < 1.29 is 9.53 Å². The molecule has 110 valence electrons. The Hall–Kier alpha value is -1.44. The van der Waals surface area contributed by atoms with Gasteiger partial charge in [-0.1, -0.05) is 19.3 Å². The van der Waals surface area contributed by atoms with Crippen LogP contribution in [0.15, 0.2) is 4.79 Å². The van der Waals surface area contributed by atoms with Gasteiger partial charge in [-0.25, -0.2) is 14.2 Å². The van der Waals surface area contributed by atoms with Gasteiger partial charge in [0.1, 0.15) is 6.10 Å². The van der Waals surface area contributed by atoms with Gasteiger partial charge in [0.25, 0.3) is 0 Å². The van der Waals surface area contributed by atoms with Gasteiger partial charge in [0.2, 0.25) is 0 Å². The van der Waals surface area contributed by atoms with E-state index in [0.717, 1.165) is 37.2 Å². The van der Waals surface area contributed by atoms with Gasteiger partial charge in [0.15, 0.2) is 0 Å². The van der Waals surface area contributed by atoms with Crippen LogP contribution in [0, 0.1) is 0 Å². The van der Waals surface area contributed by atoms with Crippen molar-refractivity contribution in [3.05, 3.63) is 10.5 Å². The number of nitrogens with zero attached hydrogens (tertiary/aromatic N) is 3. The predicted octanol–water partition coefficient (Wildman–Crippen LogP) is 0.971. The van der Waals surface area contributed by atoms with Gasteiger partial charge in [-0.3, -0.25) is 0 Å². The molecule has 3 rings (SSSR count). The number of rotatable bonds is 3. The first-order chi connectivity index (χ1) is 9.66. The van der Waals surface area contributed by atoms with Gasteiger partial charge < -0.3 is 10.5 Å². The van der Waals surface area contributed by atoms with E-state index < -0.39 is 11.7 Å². The molecule has 2 fully saturated rings. The molecule has 1 amide bonds. The highest BCUT2D eigenvalue weighted by molar-refractivity contribution is 8.00. The number of carbonyl (C=O) groups is 1. The molecule has 2 N–H and O–H groups in total. The molecule has 0 atom stereocenters. The molecule has 1 saturated carbocycles. The quantitative estimate of drug-likeness (QED) is 0.897. The Kier molecular flexibility index (Phi) is 3.73. The molecule has 0 aromatic carbocycles. The number of amides is 1. The summed E-state index contributed by atoms with van der Waals surface area (Å²) in [6.07, 6.45) is 5.26. The lowest BCUT2D eigenvalue weighted by Gasteiger charge is -2.27. The number of thioether (sulfide) groups is 1.